The molecule has 0 spiro atoms. The Morgan fingerprint density at radius 3 is 2.66 bits per heavy atom. The Morgan fingerprint density at radius 1 is 1.17 bits per heavy atom. The molecule has 1 aliphatic heterocycles. The molecule has 1 saturated heterocycles. The zero-order valence-electron chi connectivity index (χ0n) is 16.3. The van der Waals surface area contributed by atoms with Crippen molar-refractivity contribution in [3.05, 3.63) is 64.0 Å². The number of para-hydroxylation sites is 2. The largest absolute Gasteiger partial charge is 0.330 e. The SMILES string of the molecule is Cc1ccc([N+](=O)[O-])cc1S(=O)(=O)N1CCCC[C@@H]1c1nc2ccccc2n1C. The molecule has 4 rings (SSSR count). The molecular formula is C20H22N4O4S. The lowest BCUT2D eigenvalue weighted by atomic mass is 10.0. The number of nitro benzene ring substituents is 1. The first-order valence-corrected chi connectivity index (χ1v) is 10.9. The highest BCUT2D eigenvalue weighted by atomic mass is 32.2. The first-order chi connectivity index (χ1) is 13.8. The van der Waals surface area contributed by atoms with Crippen molar-refractivity contribution in [3.8, 4) is 0 Å². The molecule has 1 fully saturated rings. The number of sulfonamides is 1. The average Bonchev–Trinajstić information content (AvgIpc) is 3.05. The number of piperidine rings is 1. The molecule has 2 aromatic carbocycles. The lowest BCUT2D eigenvalue weighted by Gasteiger charge is -2.34. The zero-order chi connectivity index (χ0) is 20.8. The van der Waals surface area contributed by atoms with Crippen molar-refractivity contribution >= 4 is 26.7 Å². The number of benzene rings is 2. The Kier molecular flexibility index (Phi) is 4.87. The van der Waals surface area contributed by atoms with Crippen molar-refractivity contribution in [2.24, 2.45) is 7.05 Å². The molecule has 0 aliphatic carbocycles. The second-order valence-corrected chi connectivity index (χ2v) is 9.21. The van der Waals surface area contributed by atoms with Crippen LogP contribution in [0.25, 0.3) is 11.0 Å². The number of hydrogen-bond donors (Lipinski definition) is 0. The number of rotatable bonds is 4. The van der Waals surface area contributed by atoms with Crippen LogP contribution in [0.3, 0.4) is 0 Å². The van der Waals surface area contributed by atoms with Gasteiger partial charge in [0.1, 0.15) is 5.82 Å². The van der Waals surface area contributed by atoms with Crippen LogP contribution in [0.1, 0.15) is 36.7 Å². The second kappa shape index (κ2) is 7.23. The molecular weight excluding hydrogens is 392 g/mol. The van der Waals surface area contributed by atoms with Crippen LogP contribution in [-0.4, -0.2) is 33.7 Å². The molecule has 29 heavy (non-hydrogen) atoms. The normalized spacial score (nSPS) is 18.2. The number of nitrogens with zero attached hydrogens (tertiary/aromatic N) is 4. The standard InChI is InChI=1S/C20H22N4O4S/c1-14-10-11-15(24(25)26)13-19(14)29(27,28)23-12-6-5-9-18(23)20-21-16-7-3-4-8-17(16)22(20)2/h3-4,7-8,10-11,13,18H,5-6,9,12H2,1-2H3/t18-/m1/s1. The summed E-state index contributed by atoms with van der Waals surface area (Å²) in [5.41, 5.74) is 2.02. The van der Waals surface area contributed by atoms with Crippen LogP contribution in [0.4, 0.5) is 5.69 Å². The van der Waals surface area contributed by atoms with Gasteiger partial charge in [0.25, 0.3) is 5.69 Å². The first kappa shape index (κ1) is 19.5. The minimum absolute atomic E-state index is 0.0163. The molecule has 0 saturated carbocycles. The van der Waals surface area contributed by atoms with Gasteiger partial charge >= 0.3 is 0 Å². The van der Waals surface area contributed by atoms with Gasteiger partial charge in [0, 0.05) is 25.7 Å². The van der Waals surface area contributed by atoms with E-state index >= 15 is 0 Å². The van der Waals surface area contributed by atoms with Gasteiger partial charge in [0.05, 0.1) is 26.9 Å². The summed E-state index contributed by atoms with van der Waals surface area (Å²) in [5.74, 6) is 0.692. The van der Waals surface area contributed by atoms with Crippen LogP contribution in [0.2, 0.25) is 0 Å². The predicted octanol–water partition coefficient (Wildman–Crippen LogP) is 3.71. The van der Waals surface area contributed by atoms with Crippen LogP contribution in [-0.2, 0) is 17.1 Å². The smallest absolute Gasteiger partial charge is 0.270 e. The van der Waals surface area contributed by atoms with E-state index in [2.05, 4.69) is 0 Å². The molecule has 1 aromatic heterocycles. The fourth-order valence-corrected chi connectivity index (χ4v) is 5.92. The summed E-state index contributed by atoms with van der Waals surface area (Å²) in [5, 5.41) is 11.2. The van der Waals surface area contributed by atoms with Crippen molar-refractivity contribution in [1.82, 2.24) is 13.9 Å². The number of fused-ring (bicyclic) bond motifs is 1. The lowest BCUT2D eigenvalue weighted by molar-refractivity contribution is -0.385. The molecule has 0 radical (unpaired) electrons. The van der Waals surface area contributed by atoms with Crippen molar-refractivity contribution in [3.63, 3.8) is 0 Å². The Labute approximate surface area is 169 Å². The van der Waals surface area contributed by atoms with Gasteiger partial charge in [-0.3, -0.25) is 10.1 Å². The molecule has 0 unspecified atom stereocenters. The molecule has 0 N–H and O–H groups in total. The van der Waals surface area contributed by atoms with E-state index in [1.165, 1.54) is 16.4 Å². The quantitative estimate of drug-likeness (QED) is 0.479. The number of imidazole rings is 1. The van der Waals surface area contributed by atoms with E-state index in [1.807, 2.05) is 35.9 Å². The van der Waals surface area contributed by atoms with E-state index in [4.69, 9.17) is 4.98 Å². The zero-order valence-corrected chi connectivity index (χ0v) is 17.1. The number of hydrogen-bond acceptors (Lipinski definition) is 5. The summed E-state index contributed by atoms with van der Waals surface area (Å²) in [6.07, 6.45) is 2.30. The van der Waals surface area contributed by atoms with Gasteiger partial charge in [-0.25, -0.2) is 13.4 Å². The molecule has 1 aliphatic rings. The minimum Gasteiger partial charge on any atom is -0.330 e. The maximum absolute atomic E-state index is 13.6. The van der Waals surface area contributed by atoms with Crippen LogP contribution in [0.5, 0.6) is 0 Å². The molecule has 9 heteroatoms. The summed E-state index contributed by atoms with van der Waals surface area (Å²) in [7, 11) is -2.03. The third-order valence-corrected chi connectivity index (χ3v) is 7.59. The Hall–Kier alpha value is -2.78. The highest BCUT2D eigenvalue weighted by Gasteiger charge is 2.38. The fourth-order valence-electron chi connectivity index (χ4n) is 4.02. The third-order valence-electron chi connectivity index (χ3n) is 5.54. The van der Waals surface area contributed by atoms with E-state index in [0.717, 1.165) is 29.9 Å². The molecule has 152 valence electrons. The van der Waals surface area contributed by atoms with E-state index < -0.39 is 21.0 Å². The summed E-state index contributed by atoms with van der Waals surface area (Å²) < 4.78 is 30.5. The van der Waals surface area contributed by atoms with Gasteiger partial charge in [-0.2, -0.15) is 4.31 Å². The van der Waals surface area contributed by atoms with E-state index in [-0.39, 0.29) is 10.6 Å². The maximum atomic E-state index is 13.6. The Bertz CT molecular complexity index is 1200. The average molecular weight is 414 g/mol. The van der Waals surface area contributed by atoms with Crippen molar-refractivity contribution in [2.45, 2.75) is 37.1 Å². The number of aromatic nitrogens is 2. The van der Waals surface area contributed by atoms with Gasteiger partial charge in [0.2, 0.25) is 10.0 Å². The van der Waals surface area contributed by atoms with E-state index in [0.29, 0.717) is 24.4 Å². The summed E-state index contributed by atoms with van der Waals surface area (Å²) >= 11 is 0. The van der Waals surface area contributed by atoms with Crippen molar-refractivity contribution < 1.29 is 13.3 Å². The molecule has 2 heterocycles. The first-order valence-electron chi connectivity index (χ1n) is 9.49. The maximum Gasteiger partial charge on any atom is 0.270 e. The molecule has 0 amide bonds. The number of aryl methyl sites for hydroxylation is 2. The number of non-ortho nitro benzene ring substituents is 1. The van der Waals surface area contributed by atoms with Crippen molar-refractivity contribution in [2.75, 3.05) is 6.54 Å². The van der Waals surface area contributed by atoms with E-state index in [1.54, 1.807) is 6.92 Å². The van der Waals surface area contributed by atoms with Crippen molar-refractivity contribution in [1.29, 1.82) is 0 Å². The second-order valence-electron chi connectivity index (χ2n) is 7.35. The highest BCUT2D eigenvalue weighted by molar-refractivity contribution is 7.89. The van der Waals surface area contributed by atoms with Crippen LogP contribution in [0, 0.1) is 17.0 Å². The molecule has 8 nitrogen and oxygen atoms in total. The van der Waals surface area contributed by atoms with Gasteiger partial charge < -0.3 is 4.57 Å². The summed E-state index contributed by atoms with van der Waals surface area (Å²) in [6, 6.07) is 11.3. The topological polar surface area (TPSA) is 98.3 Å². The summed E-state index contributed by atoms with van der Waals surface area (Å²) in [6.45, 7) is 2.02. The van der Waals surface area contributed by atoms with Gasteiger partial charge in [-0.05, 0) is 37.5 Å². The third kappa shape index (κ3) is 3.30. The van der Waals surface area contributed by atoms with E-state index in [9.17, 15) is 18.5 Å². The fraction of sp³-hybridized carbons (Fsp3) is 0.350. The predicted molar refractivity (Wildman–Crippen MR) is 109 cm³/mol. The monoisotopic (exact) mass is 414 g/mol. The Balaban J connectivity index is 1.82. The van der Waals surface area contributed by atoms with Crippen LogP contribution in [0.15, 0.2) is 47.4 Å². The summed E-state index contributed by atoms with van der Waals surface area (Å²) in [4.78, 5) is 15.3. The molecule has 1 atom stereocenters. The van der Waals surface area contributed by atoms with Gasteiger partial charge in [-0.15, -0.1) is 0 Å². The molecule has 0 bridgehead atoms. The Morgan fingerprint density at radius 2 is 1.93 bits per heavy atom. The number of nitro groups is 1. The molecule has 3 aromatic rings. The van der Waals surface area contributed by atoms with Gasteiger partial charge in [0.15, 0.2) is 0 Å². The lowest BCUT2D eigenvalue weighted by Crippen LogP contribution is -2.39. The van der Waals surface area contributed by atoms with Gasteiger partial charge in [-0.1, -0.05) is 24.6 Å². The minimum atomic E-state index is -3.92. The van der Waals surface area contributed by atoms with Crippen LogP contribution < -0.4 is 0 Å². The van der Waals surface area contributed by atoms with Crippen LogP contribution >= 0.6 is 0 Å². The highest BCUT2D eigenvalue weighted by Crippen LogP contribution is 2.37.